The lowest BCUT2D eigenvalue weighted by atomic mass is 9.68. The largest absolute Gasteiger partial charge is 0.0654 e. The second-order valence-corrected chi connectivity index (χ2v) is 15.6. The van der Waals surface area contributed by atoms with E-state index >= 15 is 0 Å². The zero-order valence-electron chi connectivity index (χ0n) is 32.2. The van der Waals surface area contributed by atoms with Gasteiger partial charge < -0.3 is 0 Å². The van der Waals surface area contributed by atoms with Crippen LogP contribution in [0.1, 0.15) is 142 Å². The van der Waals surface area contributed by atoms with E-state index < -0.39 is 0 Å². The molecule has 0 saturated heterocycles. The van der Waals surface area contributed by atoms with Crippen LogP contribution in [0.2, 0.25) is 0 Å². The predicted molar refractivity (Wildman–Crippen MR) is 222 cm³/mol. The quantitative estimate of drug-likeness (QED) is 0.0765. The zero-order valence-corrected chi connectivity index (χ0v) is 32.2. The van der Waals surface area contributed by atoms with Gasteiger partial charge in [0, 0.05) is 5.41 Å². The molecule has 0 unspecified atom stereocenters. The molecule has 5 aromatic rings. The Morgan fingerprint density at radius 3 is 1.43 bits per heavy atom. The van der Waals surface area contributed by atoms with E-state index in [1.54, 1.807) is 0 Å². The van der Waals surface area contributed by atoms with Gasteiger partial charge in [0.25, 0.3) is 0 Å². The van der Waals surface area contributed by atoms with Gasteiger partial charge in [-0.3, -0.25) is 0 Å². The fraction of sp³-hybridized carbons (Fsp3) is 0.412. The van der Waals surface area contributed by atoms with Crippen LogP contribution in [0.15, 0.2) is 109 Å². The molecule has 0 atom stereocenters. The summed E-state index contributed by atoms with van der Waals surface area (Å²) in [5.41, 5.74) is 17.0. The molecule has 0 fully saturated rings. The van der Waals surface area contributed by atoms with Crippen LogP contribution in [-0.4, -0.2) is 0 Å². The summed E-state index contributed by atoms with van der Waals surface area (Å²) < 4.78 is 0. The van der Waals surface area contributed by atoms with Crippen LogP contribution in [0, 0.1) is 13.8 Å². The van der Waals surface area contributed by atoms with Crippen molar-refractivity contribution in [2.45, 2.75) is 136 Å². The van der Waals surface area contributed by atoms with Crippen LogP contribution in [0.3, 0.4) is 0 Å². The van der Waals surface area contributed by atoms with Gasteiger partial charge >= 0.3 is 0 Å². The van der Waals surface area contributed by atoms with Crippen molar-refractivity contribution in [3.05, 3.63) is 154 Å². The lowest BCUT2D eigenvalue weighted by Gasteiger charge is -2.34. The standard InChI is InChI=1S/C51H62/c1-5-7-9-11-12-14-18-41-25-29-44(30-26-41)45-31-27-42(28-32-45)19-15-16-35-51(46-22-17-21-43(38-46)20-13-10-8-6-2)49-36-39(3)23-33-47(49)48-34-24-40(4)37-50(48)51/h17,21-34,36-38H,5-16,18-20,35H2,1-4H3. The average molecular weight is 675 g/mol. The molecular weight excluding hydrogens is 613 g/mol. The van der Waals surface area contributed by atoms with Gasteiger partial charge in [0.05, 0.1) is 0 Å². The van der Waals surface area contributed by atoms with E-state index in [-0.39, 0.29) is 5.41 Å². The number of aryl methyl sites for hydroxylation is 5. The van der Waals surface area contributed by atoms with E-state index in [4.69, 9.17) is 0 Å². The highest BCUT2D eigenvalue weighted by molar-refractivity contribution is 5.84. The van der Waals surface area contributed by atoms with Crippen LogP contribution in [0.4, 0.5) is 0 Å². The molecule has 0 aromatic heterocycles. The Morgan fingerprint density at radius 1 is 0.412 bits per heavy atom. The van der Waals surface area contributed by atoms with Gasteiger partial charge in [-0.15, -0.1) is 0 Å². The minimum atomic E-state index is -0.118. The maximum atomic E-state index is 2.56. The van der Waals surface area contributed by atoms with Crippen molar-refractivity contribution in [1.82, 2.24) is 0 Å². The monoisotopic (exact) mass is 674 g/mol. The average Bonchev–Trinajstić information content (AvgIpc) is 3.42. The van der Waals surface area contributed by atoms with Crippen molar-refractivity contribution >= 4 is 0 Å². The van der Waals surface area contributed by atoms with Crippen molar-refractivity contribution in [3.63, 3.8) is 0 Å². The summed E-state index contributed by atoms with van der Waals surface area (Å²) in [4.78, 5) is 0. The molecule has 5 aromatic carbocycles. The molecule has 0 heterocycles. The SMILES string of the molecule is CCCCCCCCc1ccc(-c2ccc(CCCCC3(c4cccc(CCCCCC)c4)c4cc(C)ccc4-c4ccc(C)cc43)cc2)cc1. The van der Waals surface area contributed by atoms with Gasteiger partial charge in [0.15, 0.2) is 0 Å². The van der Waals surface area contributed by atoms with Crippen molar-refractivity contribution in [1.29, 1.82) is 0 Å². The highest BCUT2D eigenvalue weighted by Gasteiger charge is 2.44. The minimum Gasteiger partial charge on any atom is -0.0654 e. The Kier molecular flexibility index (Phi) is 13.0. The minimum absolute atomic E-state index is 0.118. The molecule has 0 bridgehead atoms. The summed E-state index contributed by atoms with van der Waals surface area (Å²) in [6.45, 7) is 9.11. The third-order valence-corrected chi connectivity index (χ3v) is 11.6. The third kappa shape index (κ3) is 8.95. The third-order valence-electron chi connectivity index (χ3n) is 11.6. The van der Waals surface area contributed by atoms with E-state index in [9.17, 15) is 0 Å². The van der Waals surface area contributed by atoms with E-state index in [0.29, 0.717) is 0 Å². The molecule has 0 spiro atoms. The van der Waals surface area contributed by atoms with Gasteiger partial charge in [-0.1, -0.05) is 192 Å². The summed E-state index contributed by atoms with van der Waals surface area (Å²) in [5.74, 6) is 0. The smallest absolute Gasteiger partial charge is 0.0463 e. The number of unbranched alkanes of at least 4 members (excludes halogenated alkanes) is 9. The summed E-state index contributed by atoms with van der Waals surface area (Å²) in [5, 5.41) is 0. The molecule has 1 aliphatic rings. The second kappa shape index (κ2) is 18.0. The number of hydrogen-bond donors (Lipinski definition) is 0. The molecule has 266 valence electrons. The fourth-order valence-corrected chi connectivity index (χ4v) is 8.67. The van der Waals surface area contributed by atoms with E-state index in [2.05, 4.69) is 137 Å². The Labute approximate surface area is 310 Å². The Balaban J connectivity index is 1.15. The maximum Gasteiger partial charge on any atom is 0.0463 e. The molecule has 51 heavy (non-hydrogen) atoms. The van der Waals surface area contributed by atoms with Gasteiger partial charge in [0.1, 0.15) is 0 Å². The van der Waals surface area contributed by atoms with Crippen LogP contribution in [0.5, 0.6) is 0 Å². The molecule has 0 heteroatoms. The maximum absolute atomic E-state index is 2.56. The van der Waals surface area contributed by atoms with Crippen LogP contribution < -0.4 is 0 Å². The van der Waals surface area contributed by atoms with E-state index in [1.807, 2.05) is 0 Å². The fourth-order valence-electron chi connectivity index (χ4n) is 8.67. The first-order chi connectivity index (χ1) is 25.0. The first-order valence-corrected chi connectivity index (χ1v) is 20.5. The predicted octanol–water partition coefficient (Wildman–Crippen LogP) is 14.7. The first kappa shape index (κ1) is 36.9. The molecule has 0 nitrogen and oxygen atoms in total. The highest BCUT2D eigenvalue weighted by Crippen LogP contribution is 2.55. The normalized spacial score (nSPS) is 12.9. The molecule has 0 amide bonds. The number of rotatable bonds is 19. The van der Waals surface area contributed by atoms with Crippen molar-refractivity contribution < 1.29 is 0 Å². The Hall–Kier alpha value is -3.90. The van der Waals surface area contributed by atoms with Crippen LogP contribution in [-0.2, 0) is 24.7 Å². The number of hydrogen-bond acceptors (Lipinski definition) is 0. The number of benzene rings is 5. The summed E-state index contributed by atoms with van der Waals surface area (Å²) >= 11 is 0. The molecule has 1 aliphatic carbocycles. The van der Waals surface area contributed by atoms with Gasteiger partial charge in [-0.05, 0) is 114 Å². The summed E-state index contributed by atoms with van der Waals surface area (Å²) in [7, 11) is 0. The lowest BCUT2D eigenvalue weighted by molar-refractivity contribution is 0.526. The molecule has 6 rings (SSSR count). The van der Waals surface area contributed by atoms with Gasteiger partial charge in [-0.2, -0.15) is 0 Å². The van der Waals surface area contributed by atoms with Crippen molar-refractivity contribution in [2.75, 3.05) is 0 Å². The van der Waals surface area contributed by atoms with Gasteiger partial charge in [0.2, 0.25) is 0 Å². The Bertz CT molecular complexity index is 1770. The van der Waals surface area contributed by atoms with E-state index in [0.717, 1.165) is 12.8 Å². The molecule has 0 N–H and O–H groups in total. The molecule has 0 aliphatic heterocycles. The lowest BCUT2D eigenvalue weighted by Crippen LogP contribution is -2.27. The van der Waals surface area contributed by atoms with Crippen LogP contribution in [0.25, 0.3) is 22.3 Å². The Morgan fingerprint density at radius 2 is 0.882 bits per heavy atom. The molecule has 0 saturated carbocycles. The summed E-state index contributed by atoms with van der Waals surface area (Å²) in [6, 6.07) is 42.8. The molecule has 0 radical (unpaired) electrons. The number of fused-ring (bicyclic) bond motifs is 3. The highest BCUT2D eigenvalue weighted by atomic mass is 14.5. The van der Waals surface area contributed by atoms with E-state index in [1.165, 1.54) is 157 Å². The summed E-state index contributed by atoms with van der Waals surface area (Å²) in [6.07, 6.45) is 20.3. The first-order valence-electron chi connectivity index (χ1n) is 20.5. The molecular formula is C51H62. The van der Waals surface area contributed by atoms with Crippen LogP contribution >= 0.6 is 0 Å². The van der Waals surface area contributed by atoms with Crippen molar-refractivity contribution in [2.24, 2.45) is 0 Å². The topological polar surface area (TPSA) is 0 Å². The van der Waals surface area contributed by atoms with Crippen molar-refractivity contribution in [3.8, 4) is 22.3 Å². The van der Waals surface area contributed by atoms with Gasteiger partial charge in [-0.25, -0.2) is 0 Å². The zero-order chi connectivity index (χ0) is 35.5. The second-order valence-electron chi connectivity index (χ2n) is 15.6.